The number of hydrogen-bond donors (Lipinski definition) is 0. The minimum absolute atomic E-state index is 0.0209. The monoisotopic (exact) mass is 490 g/mol. The number of aromatic nitrogens is 6. The number of nitrogens with zero attached hydrogens (tertiary/aromatic N) is 8. The van der Waals surface area contributed by atoms with E-state index in [0.717, 1.165) is 40.1 Å². The molecular weight excluding hydrogens is 466 g/mol. The van der Waals surface area contributed by atoms with Gasteiger partial charge in [0.25, 0.3) is 0 Å². The number of rotatable bonds is 3. The Morgan fingerprint density at radius 2 is 1.86 bits per heavy atom. The fourth-order valence-corrected chi connectivity index (χ4v) is 4.92. The maximum absolute atomic E-state index is 14.4. The molecule has 11 heteroatoms. The van der Waals surface area contributed by atoms with Crippen LogP contribution in [0.3, 0.4) is 0 Å². The van der Waals surface area contributed by atoms with E-state index in [0.29, 0.717) is 44.7 Å². The van der Waals surface area contributed by atoms with Gasteiger partial charge in [0.1, 0.15) is 17.2 Å². The lowest BCUT2D eigenvalue weighted by atomic mass is 10.1. The van der Waals surface area contributed by atoms with Gasteiger partial charge < -0.3 is 9.80 Å². The van der Waals surface area contributed by atoms with Crippen molar-refractivity contribution >= 4 is 11.7 Å². The molecule has 2 aliphatic rings. The van der Waals surface area contributed by atoms with Crippen LogP contribution in [0.25, 0.3) is 16.9 Å². The fraction of sp³-hybridized carbons (Fsp3) is 0.320. The van der Waals surface area contributed by atoms with Gasteiger partial charge in [0, 0.05) is 69.8 Å². The highest BCUT2D eigenvalue weighted by Crippen LogP contribution is 2.34. The summed E-state index contributed by atoms with van der Waals surface area (Å²) in [5.74, 6) is -0.497. The lowest BCUT2D eigenvalue weighted by molar-refractivity contribution is -0.129. The van der Waals surface area contributed by atoms with Gasteiger partial charge in [-0.1, -0.05) is 0 Å². The summed E-state index contributed by atoms with van der Waals surface area (Å²) in [7, 11) is 1.85. The van der Waals surface area contributed by atoms with Gasteiger partial charge in [-0.15, -0.1) is 0 Å². The Kier molecular flexibility index (Phi) is 5.27. The topological polar surface area (TPSA) is 85.0 Å². The lowest BCUT2D eigenvalue weighted by Gasteiger charge is -2.32. The van der Waals surface area contributed by atoms with Crippen LogP contribution in [0.5, 0.6) is 0 Å². The summed E-state index contributed by atoms with van der Waals surface area (Å²) in [6.45, 7) is 3.77. The van der Waals surface area contributed by atoms with E-state index >= 15 is 0 Å². The third-order valence-electron chi connectivity index (χ3n) is 6.79. The Labute approximate surface area is 206 Å². The number of amides is 1. The Hall–Kier alpha value is -4.15. The Balaban J connectivity index is 1.38. The number of carbonyl (C=O) groups excluding carboxylic acids is 1. The summed E-state index contributed by atoms with van der Waals surface area (Å²) in [5.41, 5.74) is 5.32. The van der Waals surface area contributed by atoms with E-state index in [9.17, 15) is 13.6 Å². The van der Waals surface area contributed by atoms with Crippen molar-refractivity contribution in [1.29, 1.82) is 0 Å². The first kappa shape index (κ1) is 22.3. The van der Waals surface area contributed by atoms with Gasteiger partial charge >= 0.3 is 0 Å². The Morgan fingerprint density at radius 3 is 2.61 bits per heavy atom. The maximum Gasteiger partial charge on any atom is 0.219 e. The van der Waals surface area contributed by atoms with Gasteiger partial charge in [0.15, 0.2) is 11.6 Å². The van der Waals surface area contributed by atoms with E-state index < -0.39 is 11.6 Å². The largest absolute Gasteiger partial charge is 0.350 e. The van der Waals surface area contributed by atoms with Crippen LogP contribution in [0.15, 0.2) is 36.8 Å². The first-order chi connectivity index (χ1) is 17.4. The zero-order chi connectivity index (χ0) is 25.0. The van der Waals surface area contributed by atoms with Gasteiger partial charge in [-0.05, 0) is 12.1 Å². The second kappa shape index (κ2) is 8.51. The molecule has 4 aromatic rings. The van der Waals surface area contributed by atoms with Crippen LogP contribution in [0.1, 0.15) is 29.6 Å². The summed E-state index contributed by atoms with van der Waals surface area (Å²) in [5, 5.41) is 8.72. The first-order valence-electron chi connectivity index (χ1n) is 11.8. The molecule has 6 rings (SSSR count). The van der Waals surface area contributed by atoms with E-state index in [1.807, 2.05) is 13.2 Å². The molecular formula is C25H24F2N8O. The summed E-state index contributed by atoms with van der Waals surface area (Å²) >= 11 is 0. The summed E-state index contributed by atoms with van der Waals surface area (Å²) < 4.78 is 31.1. The van der Waals surface area contributed by atoms with E-state index in [4.69, 9.17) is 9.97 Å². The molecule has 0 bridgehead atoms. The fourth-order valence-electron chi connectivity index (χ4n) is 4.92. The van der Waals surface area contributed by atoms with Crippen LogP contribution in [-0.2, 0) is 37.8 Å². The number of aryl methyl sites for hydroxylation is 1. The molecule has 0 radical (unpaired) electrons. The van der Waals surface area contributed by atoms with Gasteiger partial charge in [-0.2, -0.15) is 10.2 Å². The van der Waals surface area contributed by atoms with E-state index in [-0.39, 0.29) is 11.6 Å². The van der Waals surface area contributed by atoms with Crippen molar-refractivity contribution in [3.63, 3.8) is 0 Å². The predicted molar refractivity (Wildman–Crippen MR) is 127 cm³/mol. The molecule has 3 aromatic heterocycles. The van der Waals surface area contributed by atoms with Gasteiger partial charge in [0.05, 0.1) is 36.0 Å². The molecule has 0 spiro atoms. The zero-order valence-electron chi connectivity index (χ0n) is 19.9. The Bertz CT molecular complexity index is 1490. The predicted octanol–water partition coefficient (Wildman–Crippen LogP) is 2.81. The molecule has 0 aliphatic carbocycles. The average Bonchev–Trinajstić information content (AvgIpc) is 3.48. The average molecular weight is 491 g/mol. The molecule has 0 atom stereocenters. The second-order valence-corrected chi connectivity index (χ2v) is 9.18. The molecule has 0 fully saturated rings. The molecule has 0 unspecified atom stereocenters. The standard InChI is InChI=1S/C25H24F2N8O/c1-15(36)33-7-5-20-21(14-33)30-24(17-11-28-32(2)12-17)25(31-20)34-8-6-22-16(13-34)10-29-35(22)23-4-3-18(26)9-19(23)27/h3-4,9-12H,5-8,13-14H2,1-2H3. The lowest BCUT2D eigenvalue weighted by Crippen LogP contribution is -2.37. The number of fused-ring (bicyclic) bond motifs is 2. The first-order valence-corrected chi connectivity index (χ1v) is 11.8. The smallest absolute Gasteiger partial charge is 0.219 e. The van der Waals surface area contributed by atoms with Crippen molar-refractivity contribution < 1.29 is 13.6 Å². The maximum atomic E-state index is 14.4. The second-order valence-electron chi connectivity index (χ2n) is 9.18. The van der Waals surface area contributed by atoms with Crippen molar-refractivity contribution in [2.75, 3.05) is 18.0 Å². The van der Waals surface area contributed by atoms with Gasteiger partial charge in [-0.25, -0.2) is 23.4 Å². The molecule has 0 N–H and O–H groups in total. The van der Waals surface area contributed by atoms with Crippen LogP contribution in [0.4, 0.5) is 14.6 Å². The zero-order valence-corrected chi connectivity index (χ0v) is 19.9. The third-order valence-corrected chi connectivity index (χ3v) is 6.79. The van der Waals surface area contributed by atoms with Crippen molar-refractivity contribution in [3.05, 3.63) is 71.1 Å². The summed E-state index contributed by atoms with van der Waals surface area (Å²) in [6.07, 6.45) is 6.63. The van der Waals surface area contributed by atoms with E-state index in [2.05, 4.69) is 15.1 Å². The number of halogens is 2. The number of anilines is 1. The van der Waals surface area contributed by atoms with Crippen molar-refractivity contribution in [2.24, 2.45) is 7.05 Å². The summed E-state index contributed by atoms with van der Waals surface area (Å²) in [4.78, 5) is 25.9. The van der Waals surface area contributed by atoms with Gasteiger partial charge in [0.2, 0.25) is 5.91 Å². The van der Waals surface area contributed by atoms with Crippen molar-refractivity contribution in [3.8, 4) is 16.9 Å². The van der Waals surface area contributed by atoms with Crippen LogP contribution < -0.4 is 4.90 Å². The minimum atomic E-state index is -0.651. The number of benzene rings is 1. The summed E-state index contributed by atoms with van der Waals surface area (Å²) in [6, 6.07) is 3.51. The van der Waals surface area contributed by atoms with Gasteiger partial charge in [-0.3, -0.25) is 9.48 Å². The number of carbonyl (C=O) groups is 1. The van der Waals surface area contributed by atoms with Crippen molar-refractivity contribution in [2.45, 2.75) is 32.9 Å². The quantitative estimate of drug-likeness (QED) is 0.439. The molecule has 5 heterocycles. The molecule has 36 heavy (non-hydrogen) atoms. The van der Waals surface area contributed by atoms with E-state index in [1.165, 1.54) is 12.1 Å². The number of hydrogen-bond acceptors (Lipinski definition) is 6. The van der Waals surface area contributed by atoms with Crippen LogP contribution in [0.2, 0.25) is 0 Å². The SMILES string of the molecule is CC(=O)N1CCc2nc(N3CCc4c(cnn4-c4ccc(F)cc4F)C3)c(-c3cnn(C)c3)nc2C1. The van der Waals surface area contributed by atoms with E-state index in [1.54, 1.807) is 33.6 Å². The highest BCUT2D eigenvalue weighted by atomic mass is 19.1. The molecule has 1 amide bonds. The molecule has 2 aliphatic heterocycles. The highest BCUT2D eigenvalue weighted by molar-refractivity contribution is 5.74. The molecule has 0 saturated heterocycles. The highest BCUT2D eigenvalue weighted by Gasteiger charge is 2.29. The van der Waals surface area contributed by atoms with Crippen LogP contribution >= 0.6 is 0 Å². The van der Waals surface area contributed by atoms with Crippen LogP contribution in [-0.4, -0.2) is 53.4 Å². The minimum Gasteiger partial charge on any atom is -0.350 e. The molecule has 1 aromatic carbocycles. The molecule has 0 saturated carbocycles. The van der Waals surface area contributed by atoms with Crippen LogP contribution in [0, 0.1) is 11.6 Å². The Morgan fingerprint density at radius 1 is 1.00 bits per heavy atom. The molecule has 9 nitrogen and oxygen atoms in total. The molecule has 184 valence electrons. The van der Waals surface area contributed by atoms with Crippen molar-refractivity contribution in [1.82, 2.24) is 34.4 Å². The third kappa shape index (κ3) is 3.80. The normalized spacial score (nSPS) is 15.1.